The van der Waals surface area contributed by atoms with Crippen LogP contribution in [0.25, 0.3) is 0 Å². The normalized spacial score (nSPS) is 10.7. The van der Waals surface area contributed by atoms with Gasteiger partial charge >= 0.3 is 0 Å². The Morgan fingerprint density at radius 3 is 2.67 bits per heavy atom. The topological polar surface area (TPSA) is 64.1 Å². The van der Waals surface area contributed by atoms with Gasteiger partial charge in [-0.3, -0.25) is 10.1 Å². The molecule has 8 heteroatoms. The molecule has 0 unspecified atom stereocenters. The summed E-state index contributed by atoms with van der Waals surface area (Å²) in [5.74, 6) is 0.711. The predicted molar refractivity (Wildman–Crippen MR) is 120 cm³/mol. The van der Waals surface area contributed by atoms with Crippen molar-refractivity contribution in [2.24, 2.45) is 0 Å². The highest BCUT2D eigenvalue weighted by molar-refractivity contribution is 8.00. The van der Waals surface area contributed by atoms with E-state index in [2.05, 4.69) is 22.4 Å². The summed E-state index contributed by atoms with van der Waals surface area (Å²) in [6.45, 7) is 2.86. The van der Waals surface area contributed by atoms with Crippen molar-refractivity contribution in [1.82, 2.24) is 10.2 Å². The van der Waals surface area contributed by atoms with Gasteiger partial charge in [0, 0.05) is 11.3 Å². The van der Waals surface area contributed by atoms with E-state index in [0.717, 1.165) is 12.2 Å². The summed E-state index contributed by atoms with van der Waals surface area (Å²) in [6, 6.07) is 13.7. The number of halogens is 1. The van der Waals surface area contributed by atoms with E-state index in [9.17, 15) is 9.18 Å². The summed E-state index contributed by atoms with van der Waals surface area (Å²) in [7, 11) is 0. The Kier molecular flexibility index (Phi) is 8.65. The van der Waals surface area contributed by atoms with E-state index >= 15 is 0 Å². The largest absolute Gasteiger partial charge is 0.494 e. The van der Waals surface area contributed by atoms with Crippen LogP contribution in [-0.4, -0.2) is 22.7 Å². The predicted octanol–water partition coefficient (Wildman–Crippen LogP) is 6.18. The number of benzene rings is 2. The molecule has 1 heterocycles. The fourth-order valence-corrected chi connectivity index (χ4v) is 4.40. The molecule has 1 amide bonds. The average Bonchev–Trinajstić information content (AvgIpc) is 3.20. The number of carbonyl (C=O) groups excluding carboxylic acids is 1. The number of ether oxygens (including phenoxy) is 1. The van der Waals surface area contributed by atoms with Gasteiger partial charge in [-0.05, 0) is 42.3 Å². The molecular formula is C22H24FN3O2S2. The van der Waals surface area contributed by atoms with Crippen LogP contribution in [0.15, 0.2) is 52.9 Å². The van der Waals surface area contributed by atoms with Gasteiger partial charge in [-0.25, -0.2) is 4.39 Å². The van der Waals surface area contributed by atoms with Crippen LogP contribution in [0.4, 0.5) is 9.52 Å². The molecule has 1 aromatic heterocycles. The fraction of sp³-hybridized carbons (Fsp3) is 0.318. The van der Waals surface area contributed by atoms with E-state index in [0.29, 0.717) is 33.0 Å². The Hall–Kier alpha value is -2.45. The summed E-state index contributed by atoms with van der Waals surface area (Å²) in [4.78, 5) is 12.4. The van der Waals surface area contributed by atoms with Crippen LogP contribution in [0.2, 0.25) is 0 Å². The van der Waals surface area contributed by atoms with Crippen molar-refractivity contribution in [2.75, 3.05) is 11.9 Å². The third kappa shape index (κ3) is 6.81. The molecule has 0 radical (unpaired) electrons. The molecule has 0 aliphatic rings. The Labute approximate surface area is 184 Å². The van der Waals surface area contributed by atoms with Crippen molar-refractivity contribution in [3.05, 3.63) is 65.5 Å². The number of rotatable bonds is 11. The fourth-order valence-electron chi connectivity index (χ4n) is 2.66. The molecule has 5 nitrogen and oxygen atoms in total. The molecule has 158 valence electrons. The SMILES string of the molecule is CCCCCCOc1ccc(C(=O)Nc2nnc(SCc3ccccc3F)s2)cc1. The molecule has 0 spiro atoms. The van der Waals surface area contributed by atoms with Crippen LogP contribution in [0.5, 0.6) is 5.75 Å². The third-order valence-corrected chi connectivity index (χ3v) is 6.34. The average molecular weight is 446 g/mol. The van der Waals surface area contributed by atoms with Crippen molar-refractivity contribution < 1.29 is 13.9 Å². The monoisotopic (exact) mass is 445 g/mol. The molecule has 1 N–H and O–H groups in total. The van der Waals surface area contributed by atoms with Crippen LogP contribution >= 0.6 is 23.1 Å². The second-order valence-corrected chi connectivity index (χ2v) is 8.84. The summed E-state index contributed by atoms with van der Waals surface area (Å²) < 4.78 is 20.1. The van der Waals surface area contributed by atoms with E-state index in [4.69, 9.17) is 4.74 Å². The number of unbranched alkanes of at least 4 members (excludes halogenated alkanes) is 3. The molecular weight excluding hydrogens is 421 g/mol. The zero-order valence-electron chi connectivity index (χ0n) is 16.8. The minimum atomic E-state index is -0.258. The molecule has 0 atom stereocenters. The lowest BCUT2D eigenvalue weighted by molar-refractivity contribution is 0.102. The highest BCUT2D eigenvalue weighted by Crippen LogP contribution is 2.29. The molecule has 0 aliphatic heterocycles. The highest BCUT2D eigenvalue weighted by Gasteiger charge is 2.12. The maximum absolute atomic E-state index is 13.7. The number of hydrogen-bond donors (Lipinski definition) is 1. The van der Waals surface area contributed by atoms with Crippen molar-refractivity contribution in [2.45, 2.75) is 42.7 Å². The molecule has 0 saturated heterocycles. The first-order chi connectivity index (χ1) is 14.7. The van der Waals surface area contributed by atoms with Gasteiger partial charge in [0.05, 0.1) is 6.61 Å². The van der Waals surface area contributed by atoms with Gasteiger partial charge in [0.1, 0.15) is 11.6 Å². The third-order valence-electron chi connectivity index (χ3n) is 4.32. The standard InChI is InChI=1S/C22H24FN3O2S2/c1-2-3-4-7-14-28-18-12-10-16(11-13-18)20(27)24-21-25-26-22(30-21)29-15-17-8-5-6-9-19(17)23/h5-6,8-13H,2-4,7,14-15H2,1H3,(H,24,25,27). The molecule has 0 aliphatic carbocycles. The smallest absolute Gasteiger partial charge is 0.257 e. The number of aromatic nitrogens is 2. The van der Waals surface area contributed by atoms with Crippen molar-refractivity contribution in [1.29, 1.82) is 0 Å². The zero-order chi connectivity index (χ0) is 21.2. The molecule has 3 aromatic rings. The summed E-state index contributed by atoms with van der Waals surface area (Å²) in [6.07, 6.45) is 4.62. The summed E-state index contributed by atoms with van der Waals surface area (Å²) >= 11 is 2.65. The van der Waals surface area contributed by atoms with Gasteiger partial charge in [0.2, 0.25) is 5.13 Å². The van der Waals surface area contributed by atoms with E-state index in [1.165, 1.54) is 48.4 Å². The van der Waals surface area contributed by atoms with Crippen molar-refractivity contribution >= 4 is 34.1 Å². The first-order valence-corrected chi connectivity index (χ1v) is 11.7. The van der Waals surface area contributed by atoms with Gasteiger partial charge in [-0.2, -0.15) is 0 Å². The highest BCUT2D eigenvalue weighted by atomic mass is 32.2. The summed E-state index contributed by atoms with van der Waals surface area (Å²) in [5.41, 5.74) is 1.13. The van der Waals surface area contributed by atoms with Gasteiger partial charge in [0.25, 0.3) is 5.91 Å². The Morgan fingerprint density at radius 2 is 1.90 bits per heavy atom. The lowest BCUT2D eigenvalue weighted by Gasteiger charge is -2.07. The maximum Gasteiger partial charge on any atom is 0.257 e. The van der Waals surface area contributed by atoms with Crippen LogP contribution < -0.4 is 10.1 Å². The quantitative estimate of drug-likeness (QED) is 0.217. The molecule has 30 heavy (non-hydrogen) atoms. The minimum absolute atomic E-state index is 0.239. The number of nitrogens with one attached hydrogen (secondary N) is 1. The minimum Gasteiger partial charge on any atom is -0.494 e. The lowest BCUT2D eigenvalue weighted by Crippen LogP contribution is -2.11. The van der Waals surface area contributed by atoms with E-state index < -0.39 is 0 Å². The number of amides is 1. The van der Waals surface area contributed by atoms with Crippen molar-refractivity contribution in [3.63, 3.8) is 0 Å². The van der Waals surface area contributed by atoms with E-state index in [-0.39, 0.29) is 11.7 Å². The van der Waals surface area contributed by atoms with Gasteiger partial charge in [0.15, 0.2) is 4.34 Å². The Morgan fingerprint density at radius 1 is 1.10 bits per heavy atom. The Bertz CT molecular complexity index is 948. The van der Waals surface area contributed by atoms with Crippen LogP contribution in [0.1, 0.15) is 48.5 Å². The van der Waals surface area contributed by atoms with Gasteiger partial charge in [-0.15, -0.1) is 10.2 Å². The second kappa shape index (κ2) is 11.7. The Balaban J connectivity index is 1.47. The van der Waals surface area contributed by atoms with Crippen LogP contribution in [0.3, 0.4) is 0 Å². The van der Waals surface area contributed by atoms with Crippen LogP contribution in [-0.2, 0) is 5.75 Å². The van der Waals surface area contributed by atoms with E-state index in [1.807, 2.05) is 0 Å². The van der Waals surface area contributed by atoms with Crippen LogP contribution in [0, 0.1) is 5.82 Å². The summed E-state index contributed by atoms with van der Waals surface area (Å²) in [5, 5.41) is 11.2. The number of thioether (sulfide) groups is 1. The van der Waals surface area contributed by atoms with Gasteiger partial charge in [-0.1, -0.05) is 67.5 Å². The zero-order valence-corrected chi connectivity index (χ0v) is 18.4. The number of anilines is 1. The van der Waals surface area contributed by atoms with Gasteiger partial charge < -0.3 is 4.74 Å². The first-order valence-electron chi connectivity index (χ1n) is 9.89. The molecule has 0 saturated carbocycles. The number of nitrogens with zero attached hydrogens (tertiary/aromatic N) is 2. The number of hydrogen-bond acceptors (Lipinski definition) is 6. The number of carbonyl (C=O) groups is 1. The first kappa shape index (κ1) is 22.2. The van der Waals surface area contributed by atoms with E-state index in [1.54, 1.807) is 42.5 Å². The molecule has 3 rings (SSSR count). The molecule has 2 aromatic carbocycles. The lowest BCUT2D eigenvalue weighted by atomic mass is 10.2. The maximum atomic E-state index is 13.7. The molecule has 0 fully saturated rings. The second-order valence-electron chi connectivity index (χ2n) is 6.64. The van der Waals surface area contributed by atoms with Crippen molar-refractivity contribution in [3.8, 4) is 5.75 Å². The molecule has 0 bridgehead atoms.